The topological polar surface area (TPSA) is 66.5 Å². The molecule has 10 heavy (non-hydrogen) atoms. The summed E-state index contributed by atoms with van der Waals surface area (Å²) in [6, 6.07) is 0. The predicted molar refractivity (Wildman–Crippen MR) is 37.4 cm³/mol. The maximum absolute atomic E-state index is 3.87. The SMILES string of the molecule is C1CSC(c2nn[nH]n2)N1. The molecule has 1 aliphatic heterocycles. The number of tetrazole rings is 1. The van der Waals surface area contributed by atoms with Crippen LogP contribution in [0.4, 0.5) is 0 Å². The highest BCUT2D eigenvalue weighted by molar-refractivity contribution is 7.99. The molecule has 0 saturated carbocycles. The Morgan fingerprint density at radius 2 is 2.60 bits per heavy atom. The van der Waals surface area contributed by atoms with E-state index < -0.39 is 0 Å². The number of nitrogens with one attached hydrogen (secondary N) is 2. The molecule has 6 heteroatoms. The molecule has 5 nitrogen and oxygen atoms in total. The van der Waals surface area contributed by atoms with Gasteiger partial charge in [-0.3, -0.25) is 5.32 Å². The molecule has 0 bridgehead atoms. The molecule has 1 saturated heterocycles. The van der Waals surface area contributed by atoms with E-state index in [1.165, 1.54) is 0 Å². The van der Waals surface area contributed by atoms with Gasteiger partial charge in [0.15, 0.2) is 0 Å². The molecule has 2 rings (SSSR count). The standard InChI is InChI=1S/C4H7N5S/c1-2-10-4(5-1)3-6-8-9-7-3/h4-5H,1-2H2,(H,6,7,8,9). The van der Waals surface area contributed by atoms with Crippen LogP contribution in [-0.2, 0) is 0 Å². The van der Waals surface area contributed by atoms with Gasteiger partial charge in [-0.05, 0) is 0 Å². The van der Waals surface area contributed by atoms with Crippen molar-refractivity contribution in [3.63, 3.8) is 0 Å². The molecule has 1 unspecified atom stereocenters. The van der Waals surface area contributed by atoms with Crippen molar-refractivity contribution in [2.75, 3.05) is 12.3 Å². The molecule has 2 heterocycles. The lowest BCUT2D eigenvalue weighted by atomic mass is 10.6. The molecule has 0 amide bonds. The van der Waals surface area contributed by atoms with Crippen molar-refractivity contribution in [1.29, 1.82) is 0 Å². The van der Waals surface area contributed by atoms with E-state index in [1.54, 1.807) is 11.8 Å². The third-order valence-electron chi connectivity index (χ3n) is 1.31. The van der Waals surface area contributed by atoms with E-state index in [0.29, 0.717) is 0 Å². The summed E-state index contributed by atoms with van der Waals surface area (Å²) in [6.45, 7) is 1.03. The lowest BCUT2D eigenvalue weighted by Gasteiger charge is -2.00. The molecule has 1 atom stereocenters. The van der Waals surface area contributed by atoms with Crippen LogP contribution in [0.15, 0.2) is 0 Å². The summed E-state index contributed by atoms with van der Waals surface area (Å²) < 4.78 is 0. The van der Waals surface area contributed by atoms with Crippen molar-refractivity contribution in [1.82, 2.24) is 25.9 Å². The Morgan fingerprint density at radius 3 is 3.20 bits per heavy atom. The number of aromatic amines is 1. The predicted octanol–water partition coefficient (Wildman–Crippen LogP) is -0.465. The number of hydrogen-bond donors (Lipinski definition) is 2. The fourth-order valence-electron chi connectivity index (χ4n) is 0.872. The van der Waals surface area contributed by atoms with Crippen molar-refractivity contribution in [2.24, 2.45) is 0 Å². The lowest BCUT2D eigenvalue weighted by Crippen LogP contribution is -2.13. The van der Waals surface area contributed by atoms with Gasteiger partial charge in [0.05, 0.1) is 0 Å². The summed E-state index contributed by atoms with van der Waals surface area (Å²) in [6.07, 6.45) is 0. The molecule has 1 aromatic heterocycles. The zero-order chi connectivity index (χ0) is 6.81. The van der Waals surface area contributed by atoms with Crippen molar-refractivity contribution in [3.8, 4) is 0 Å². The van der Waals surface area contributed by atoms with Crippen molar-refractivity contribution in [2.45, 2.75) is 5.37 Å². The van der Waals surface area contributed by atoms with Crippen LogP contribution < -0.4 is 5.32 Å². The van der Waals surface area contributed by atoms with Crippen molar-refractivity contribution >= 4 is 11.8 Å². The molecule has 0 spiro atoms. The van der Waals surface area contributed by atoms with Gasteiger partial charge < -0.3 is 0 Å². The summed E-state index contributed by atoms with van der Waals surface area (Å²) in [4.78, 5) is 0. The van der Waals surface area contributed by atoms with Crippen LogP contribution in [0.5, 0.6) is 0 Å². The Bertz CT molecular complexity index is 191. The van der Waals surface area contributed by atoms with Gasteiger partial charge in [-0.2, -0.15) is 5.21 Å². The van der Waals surface area contributed by atoms with Crippen LogP contribution in [0.25, 0.3) is 0 Å². The summed E-state index contributed by atoms with van der Waals surface area (Å²) in [5, 5.41) is 17.1. The van der Waals surface area contributed by atoms with Crippen LogP contribution in [0, 0.1) is 0 Å². The molecular weight excluding hydrogens is 150 g/mol. The number of hydrogen-bond acceptors (Lipinski definition) is 5. The zero-order valence-corrected chi connectivity index (χ0v) is 6.06. The number of nitrogens with zero attached hydrogens (tertiary/aromatic N) is 3. The van der Waals surface area contributed by atoms with Gasteiger partial charge in [0.1, 0.15) is 5.37 Å². The molecule has 0 aromatic carbocycles. The molecule has 1 aromatic rings. The monoisotopic (exact) mass is 157 g/mol. The molecule has 0 aliphatic carbocycles. The van der Waals surface area contributed by atoms with Gasteiger partial charge >= 0.3 is 0 Å². The summed E-state index contributed by atoms with van der Waals surface area (Å²) in [7, 11) is 0. The first kappa shape index (κ1) is 6.11. The Kier molecular flexibility index (Phi) is 1.56. The van der Waals surface area contributed by atoms with E-state index >= 15 is 0 Å². The second-order valence-electron chi connectivity index (χ2n) is 1.97. The number of aromatic nitrogens is 4. The smallest absolute Gasteiger partial charge is 0.201 e. The van der Waals surface area contributed by atoms with Crippen LogP contribution in [0.2, 0.25) is 0 Å². The normalized spacial score (nSPS) is 25.4. The largest absolute Gasteiger partial charge is 0.298 e. The van der Waals surface area contributed by atoms with Gasteiger partial charge in [-0.15, -0.1) is 22.0 Å². The Morgan fingerprint density at radius 1 is 1.60 bits per heavy atom. The van der Waals surface area contributed by atoms with Crippen LogP contribution in [-0.4, -0.2) is 32.9 Å². The Hall–Kier alpha value is -0.620. The van der Waals surface area contributed by atoms with E-state index in [1.807, 2.05) is 0 Å². The fraction of sp³-hybridized carbons (Fsp3) is 0.750. The Balaban J connectivity index is 2.12. The molecule has 2 N–H and O–H groups in total. The first-order valence-corrected chi connectivity index (χ1v) is 4.10. The van der Waals surface area contributed by atoms with Gasteiger partial charge in [0.25, 0.3) is 0 Å². The average molecular weight is 157 g/mol. The molecule has 1 fully saturated rings. The van der Waals surface area contributed by atoms with Gasteiger partial charge in [0, 0.05) is 12.3 Å². The molecule has 0 radical (unpaired) electrons. The van der Waals surface area contributed by atoms with Crippen LogP contribution in [0.3, 0.4) is 0 Å². The van der Waals surface area contributed by atoms with Gasteiger partial charge in [-0.1, -0.05) is 5.21 Å². The van der Waals surface area contributed by atoms with Crippen molar-refractivity contribution in [3.05, 3.63) is 5.82 Å². The molecule has 1 aliphatic rings. The minimum absolute atomic E-state index is 0.249. The zero-order valence-electron chi connectivity index (χ0n) is 5.24. The minimum Gasteiger partial charge on any atom is -0.298 e. The number of H-pyrrole nitrogens is 1. The second kappa shape index (κ2) is 2.55. The first-order chi connectivity index (χ1) is 4.97. The minimum atomic E-state index is 0.249. The van der Waals surface area contributed by atoms with Crippen LogP contribution >= 0.6 is 11.8 Å². The highest BCUT2D eigenvalue weighted by Gasteiger charge is 2.19. The molecular formula is C4H7N5S. The van der Waals surface area contributed by atoms with Crippen molar-refractivity contribution < 1.29 is 0 Å². The first-order valence-electron chi connectivity index (χ1n) is 3.05. The summed E-state index contributed by atoms with van der Waals surface area (Å²) in [5.74, 6) is 1.88. The van der Waals surface area contributed by atoms with Gasteiger partial charge in [0.2, 0.25) is 5.82 Å². The highest BCUT2D eigenvalue weighted by Crippen LogP contribution is 2.25. The second-order valence-corrected chi connectivity index (χ2v) is 3.19. The van der Waals surface area contributed by atoms with E-state index in [4.69, 9.17) is 0 Å². The quantitative estimate of drug-likeness (QED) is 0.577. The lowest BCUT2D eigenvalue weighted by molar-refractivity contribution is 0.710. The summed E-state index contributed by atoms with van der Waals surface area (Å²) in [5.41, 5.74) is 0. The van der Waals surface area contributed by atoms with Crippen LogP contribution in [0.1, 0.15) is 11.2 Å². The summed E-state index contributed by atoms with van der Waals surface area (Å²) >= 11 is 1.80. The fourth-order valence-corrected chi connectivity index (χ4v) is 1.83. The number of rotatable bonds is 1. The third kappa shape index (κ3) is 0.994. The van der Waals surface area contributed by atoms with E-state index in [0.717, 1.165) is 18.1 Å². The average Bonchev–Trinajstić information content (AvgIpc) is 2.59. The third-order valence-corrected chi connectivity index (χ3v) is 2.46. The van der Waals surface area contributed by atoms with Gasteiger partial charge in [-0.25, -0.2) is 0 Å². The maximum Gasteiger partial charge on any atom is 0.201 e. The maximum atomic E-state index is 3.87. The van der Waals surface area contributed by atoms with E-state index in [2.05, 4.69) is 25.9 Å². The number of thioether (sulfide) groups is 1. The van der Waals surface area contributed by atoms with E-state index in [9.17, 15) is 0 Å². The molecule has 54 valence electrons. The van der Waals surface area contributed by atoms with E-state index in [-0.39, 0.29) is 5.37 Å². The highest BCUT2D eigenvalue weighted by atomic mass is 32.2. The Labute approximate surface area is 62.0 Å².